The fourth-order valence-corrected chi connectivity index (χ4v) is 2.59. The molecule has 0 fully saturated rings. The van der Waals surface area contributed by atoms with Crippen molar-refractivity contribution in [3.8, 4) is 5.75 Å². The van der Waals surface area contributed by atoms with Gasteiger partial charge in [0.2, 0.25) is 5.91 Å². The summed E-state index contributed by atoms with van der Waals surface area (Å²) in [5.41, 5.74) is 3.19. The minimum Gasteiger partial charge on any atom is -0.495 e. The van der Waals surface area contributed by atoms with Crippen LogP contribution in [0.4, 0.5) is 0 Å². The van der Waals surface area contributed by atoms with E-state index in [0.717, 1.165) is 0 Å². The lowest BCUT2D eigenvalue weighted by molar-refractivity contribution is -0.116. The molecule has 1 aromatic carbocycles. The maximum absolute atomic E-state index is 12.2. The molecule has 2 heterocycles. The number of ether oxygens (including phenoxy) is 1. The molecule has 0 saturated heterocycles. The molecule has 0 unspecified atom stereocenters. The van der Waals surface area contributed by atoms with Gasteiger partial charge in [0, 0.05) is 11.5 Å². The average Bonchev–Trinajstić information content (AvgIpc) is 3.04. The Hall–Kier alpha value is -2.87. The summed E-state index contributed by atoms with van der Waals surface area (Å²) in [6, 6.07) is 3.20. The summed E-state index contributed by atoms with van der Waals surface area (Å²) in [5.74, 6) is 0.00831. The summed E-state index contributed by atoms with van der Waals surface area (Å²) in [6.45, 7) is 1.74. The summed E-state index contributed by atoms with van der Waals surface area (Å²) < 4.78 is 11.7. The summed E-state index contributed by atoms with van der Waals surface area (Å²) in [4.78, 5) is 24.3. The van der Waals surface area contributed by atoms with Crippen LogP contribution in [0.3, 0.4) is 0 Å². The number of aromatic nitrogens is 3. The third-order valence-corrected chi connectivity index (χ3v) is 3.86. The standard InChI is InChI=1S/C15H13ClN4O4/c1-8-9-3-11(16)13(23-2)5-12(9)24-15(22)10(8)4-14(21)19-20-6-17-18-7-20/h3,5-7H,4H2,1-2H3,(H,19,21). The van der Waals surface area contributed by atoms with Gasteiger partial charge in [0.05, 0.1) is 24.1 Å². The highest BCUT2D eigenvalue weighted by Crippen LogP contribution is 2.31. The molecule has 2 aromatic heterocycles. The zero-order valence-electron chi connectivity index (χ0n) is 12.9. The highest BCUT2D eigenvalue weighted by Gasteiger charge is 2.17. The topological polar surface area (TPSA) is 99.2 Å². The van der Waals surface area contributed by atoms with Crippen LogP contribution < -0.4 is 15.8 Å². The number of rotatable bonds is 4. The Labute approximate surface area is 141 Å². The molecular formula is C15H13ClN4O4. The molecule has 8 nitrogen and oxygen atoms in total. The Bertz CT molecular complexity index is 966. The van der Waals surface area contributed by atoms with Gasteiger partial charge in [-0.15, -0.1) is 10.2 Å². The molecule has 124 valence electrons. The summed E-state index contributed by atoms with van der Waals surface area (Å²) in [7, 11) is 1.47. The van der Waals surface area contributed by atoms with Gasteiger partial charge in [0.1, 0.15) is 24.0 Å². The molecule has 3 rings (SSSR count). The Morgan fingerprint density at radius 2 is 2.08 bits per heavy atom. The lowest BCUT2D eigenvalue weighted by Crippen LogP contribution is -2.26. The van der Waals surface area contributed by atoms with Crippen molar-refractivity contribution in [3.63, 3.8) is 0 Å². The largest absolute Gasteiger partial charge is 0.495 e. The van der Waals surface area contributed by atoms with E-state index in [9.17, 15) is 9.59 Å². The van der Waals surface area contributed by atoms with Crippen LogP contribution in [-0.2, 0) is 11.2 Å². The zero-order chi connectivity index (χ0) is 17.3. The van der Waals surface area contributed by atoms with Gasteiger partial charge in [0.25, 0.3) is 0 Å². The Kier molecular flexibility index (Phi) is 4.22. The number of methoxy groups -OCH3 is 1. The number of aryl methyl sites for hydroxylation is 1. The summed E-state index contributed by atoms with van der Waals surface area (Å²) >= 11 is 6.13. The second-order valence-corrected chi connectivity index (χ2v) is 5.46. The van der Waals surface area contributed by atoms with Gasteiger partial charge in [0.15, 0.2) is 0 Å². The molecule has 24 heavy (non-hydrogen) atoms. The number of nitrogens with zero attached hydrogens (tertiary/aromatic N) is 3. The number of nitrogens with one attached hydrogen (secondary N) is 1. The first-order valence-electron chi connectivity index (χ1n) is 6.94. The van der Waals surface area contributed by atoms with Crippen molar-refractivity contribution in [2.45, 2.75) is 13.3 Å². The van der Waals surface area contributed by atoms with Crippen LogP contribution in [0.25, 0.3) is 11.0 Å². The number of amides is 1. The third kappa shape index (κ3) is 2.95. The van der Waals surface area contributed by atoms with Crippen molar-refractivity contribution in [2.75, 3.05) is 12.5 Å². The SMILES string of the molecule is COc1cc2oc(=O)c(CC(=O)Nn3cnnc3)c(C)c2cc1Cl. The van der Waals surface area contributed by atoms with Gasteiger partial charge in [-0.05, 0) is 18.6 Å². The first-order chi connectivity index (χ1) is 11.5. The monoisotopic (exact) mass is 348 g/mol. The maximum atomic E-state index is 12.2. The molecule has 0 atom stereocenters. The zero-order valence-corrected chi connectivity index (χ0v) is 13.6. The molecule has 1 N–H and O–H groups in total. The van der Waals surface area contributed by atoms with Crippen LogP contribution in [0.1, 0.15) is 11.1 Å². The summed E-state index contributed by atoms with van der Waals surface area (Å²) in [6.07, 6.45) is 2.52. The molecule has 0 aliphatic heterocycles. The number of hydrogen-bond donors (Lipinski definition) is 1. The van der Waals surface area contributed by atoms with Gasteiger partial charge < -0.3 is 9.15 Å². The molecule has 0 spiro atoms. The Morgan fingerprint density at radius 1 is 1.38 bits per heavy atom. The Balaban J connectivity index is 1.99. The van der Waals surface area contributed by atoms with E-state index in [1.807, 2.05) is 0 Å². The van der Waals surface area contributed by atoms with E-state index in [-0.39, 0.29) is 12.0 Å². The smallest absolute Gasteiger partial charge is 0.340 e. The fourth-order valence-electron chi connectivity index (χ4n) is 2.35. The molecule has 0 aliphatic rings. The molecule has 1 amide bonds. The van der Waals surface area contributed by atoms with Crippen molar-refractivity contribution in [2.24, 2.45) is 0 Å². The molecule has 0 saturated carbocycles. The normalized spacial score (nSPS) is 10.8. The van der Waals surface area contributed by atoms with E-state index < -0.39 is 11.5 Å². The number of hydrogen-bond acceptors (Lipinski definition) is 6. The lowest BCUT2D eigenvalue weighted by atomic mass is 10.0. The average molecular weight is 349 g/mol. The molecular weight excluding hydrogens is 336 g/mol. The highest BCUT2D eigenvalue weighted by molar-refractivity contribution is 6.32. The second-order valence-electron chi connectivity index (χ2n) is 5.06. The summed E-state index contributed by atoms with van der Waals surface area (Å²) in [5, 5.41) is 8.19. The van der Waals surface area contributed by atoms with Crippen LogP contribution in [0, 0.1) is 6.92 Å². The molecule has 0 aliphatic carbocycles. The number of benzene rings is 1. The third-order valence-electron chi connectivity index (χ3n) is 3.57. The van der Waals surface area contributed by atoms with E-state index in [1.165, 1.54) is 24.4 Å². The van der Waals surface area contributed by atoms with Gasteiger partial charge in [-0.1, -0.05) is 11.6 Å². The van der Waals surface area contributed by atoms with Crippen molar-refractivity contribution < 1.29 is 13.9 Å². The van der Waals surface area contributed by atoms with Gasteiger partial charge in [-0.2, -0.15) is 0 Å². The Morgan fingerprint density at radius 3 is 2.75 bits per heavy atom. The fraction of sp³-hybridized carbons (Fsp3) is 0.200. The van der Waals surface area contributed by atoms with Crippen LogP contribution >= 0.6 is 11.6 Å². The van der Waals surface area contributed by atoms with Gasteiger partial charge >= 0.3 is 5.63 Å². The van der Waals surface area contributed by atoms with Crippen LogP contribution in [0.15, 0.2) is 34.0 Å². The van der Waals surface area contributed by atoms with Crippen molar-refractivity contribution >= 4 is 28.5 Å². The van der Waals surface area contributed by atoms with E-state index in [4.69, 9.17) is 20.8 Å². The quantitative estimate of drug-likeness (QED) is 0.720. The van der Waals surface area contributed by atoms with E-state index in [1.54, 1.807) is 19.1 Å². The molecule has 9 heteroatoms. The van der Waals surface area contributed by atoms with Crippen LogP contribution in [0.5, 0.6) is 5.75 Å². The first kappa shape index (κ1) is 16.0. The molecule has 3 aromatic rings. The van der Waals surface area contributed by atoms with Crippen molar-refractivity contribution in [1.29, 1.82) is 0 Å². The van der Waals surface area contributed by atoms with E-state index in [2.05, 4.69) is 15.6 Å². The van der Waals surface area contributed by atoms with E-state index >= 15 is 0 Å². The second kappa shape index (κ2) is 6.32. The van der Waals surface area contributed by atoms with Crippen molar-refractivity contribution in [1.82, 2.24) is 14.9 Å². The number of halogens is 1. The molecule has 0 radical (unpaired) electrons. The predicted octanol–water partition coefficient (Wildman–Crippen LogP) is 1.67. The molecule has 0 bridgehead atoms. The van der Waals surface area contributed by atoms with Crippen molar-refractivity contribution in [3.05, 3.63) is 51.4 Å². The lowest BCUT2D eigenvalue weighted by Gasteiger charge is -2.10. The predicted molar refractivity (Wildman–Crippen MR) is 86.9 cm³/mol. The van der Waals surface area contributed by atoms with Gasteiger partial charge in [-0.25, -0.2) is 9.47 Å². The highest BCUT2D eigenvalue weighted by atomic mass is 35.5. The van der Waals surface area contributed by atoms with Gasteiger partial charge in [-0.3, -0.25) is 10.2 Å². The first-order valence-corrected chi connectivity index (χ1v) is 7.31. The minimum atomic E-state index is -0.580. The van der Waals surface area contributed by atoms with Crippen LogP contribution in [-0.4, -0.2) is 27.9 Å². The number of carbonyl (C=O) groups excluding carboxylic acids is 1. The number of carbonyl (C=O) groups is 1. The van der Waals surface area contributed by atoms with Crippen LogP contribution in [0.2, 0.25) is 5.02 Å². The number of fused-ring (bicyclic) bond motifs is 1. The van der Waals surface area contributed by atoms with E-state index in [0.29, 0.717) is 27.3 Å². The minimum absolute atomic E-state index is 0.147. The maximum Gasteiger partial charge on any atom is 0.340 e.